The lowest BCUT2D eigenvalue weighted by molar-refractivity contribution is -0.383. The van der Waals surface area contributed by atoms with Crippen molar-refractivity contribution < 1.29 is 33.4 Å². The maximum Gasteiger partial charge on any atom is 0.328 e. The molecule has 1 aromatic carbocycles. The van der Waals surface area contributed by atoms with Crippen molar-refractivity contribution >= 4 is 28.7 Å². The van der Waals surface area contributed by atoms with Gasteiger partial charge >= 0.3 is 11.7 Å². The molecule has 3 rings (SSSR count). The zero-order valence-electron chi connectivity index (χ0n) is 16.9. The SMILES string of the molecule is O=C(O)[C@H](CO)Nc1c(F)c(N2CCOCC2)c(F)c(NC2CCCCC2)c1[N+](=O)[O-]. The van der Waals surface area contributed by atoms with E-state index in [1.807, 2.05) is 0 Å². The van der Waals surface area contributed by atoms with Crippen LogP contribution in [0.3, 0.4) is 0 Å². The number of nitro groups is 1. The van der Waals surface area contributed by atoms with Crippen LogP contribution in [-0.4, -0.2) is 66.1 Å². The number of ether oxygens (including phenoxy) is 1. The van der Waals surface area contributed by atoms with Crippen molar-refractivity contribution in [3.8, 4) is 0 Å². The molecule has 2 fully saturated rings. The number of carbonyl (C=O) groups is 1. The van der Waals surface area contributed by atoms with Crippen molar-refractivity contribution in [3.05, 3.63) is 21.7 Å². The highest BCUT2D eigenvalue weighted by Crippen LogP contribution is 2.45. The molecular formula is C19H26F2N4O6. The maximum atomic E-state index is 15.6. The van der Waals surface area contributed by atoms with Gasteiger partial charge in [-0.25, -0.2) is 13.6 Å². The Morgan fingerprint density at radius 1 is 1.19 bits per heavy atom. The molecule has 172 valence electrons. The van der Waals surface area contributed by atoms with E-state index in [9.17, 15) is 25.1 Å². The summed E-state index contributed by atoms with van der Waals surface area (Å²) in [5.74, 6) is -3.91. The number of hydrogen-bond acceptors (Lipinski definition) is 8. The Balaban J connectivity index is 2.16. The number of aliphatic hydroxyl groups is 1. The first-order chi connectivity index (χ1) is 14.8. The quantitative estimate of drug-likeness (QED) is 0.352. The predicted octanol–water partition coefficient (Wildman–Crippen LogP) is 2.31. The van der Waals surface area contributed by atoms with Gasteiger partial charge in [0.15, 0.2) is 23.0 Å². The summed E-state index contributed by atoms with van der Waals surface area (Å²) < 4.78 is 36.3. The molecule has 1 saturated carbocycles. The number of hydrogen-bond donors (Lipinski definition) is 4. The predicted molar refractivity (Wildman–Crippen MR) is 109 cm³/mol. The maximum absolute atomic E-state index is 15.6. The van der Waals surface area contributed by atoms with E-state index in [0.29, 0.717) is 12.8 Å². The van der Waals surface area contributed by atoms with E-state index in [2.05, 4.69) is 10.6 Å². The molecule has 0 bridgehead atoms. The fourth-order valence-corrected chi connectivity index (χ4v) is 3.99. The summed E-state index contributed by atoms with van der Waals surface area (Å²) in [5.41, 5.74) is -2.66. The number of carboxylic acids is 1. The number of nitro benzene ring substituents is 1. The Morgan fingerprint density at radius 2 is 1.81 bits per heavy atom. The monoisotopic (exact) mass is 444 g/mol. The van der Waals surface area contributed by atoms with Crippen LogP contribution in [-0.2, 0) is 9.53 Å². The first kappa shape index (κ1) is 22.9. The van der Waals surface area contributed by atoms with Crippen LogP contribution in [0, 0.1) is 21.7 Å². The molecule has 1 aliphatic carbocycles. The number of benzene rings is 1. The van der Waals surface area contributed by atoms with Gasteiger partial charge in [-0.2, -0.15) is 0 Å². The molecule has 0 aromatic heterocycles. The third-order valence-electron chi connectivity index (χ3n) is 5.59. The van der Waals surface area contributed by atoms with E-state index in [4.69, 9.17) is 4.74 Å². The highest BCUT2D eigenvalue weighted by Gasteiger charge is 2.37. The molecule has 1 atom stereocenters. The molecular weight excluding hydrogens is 418 g/mol. The molecule has 0 spiro atoms. The van der Waals surface area contributed by atoms with Crippen LogP contribution in [0.1, 0.15) is 32.1 Å². The van der Waals surface area contributed by atoms with E-state index in [1.54, 1.807) is 0 Å². The molecule has 0 radical (unpaired) electrons. The topological polar surface area (TPSA) is 137 Å². The van der Waals surface area contributed by atoms with Crippen molar-refractivity contribution in [1.82, 2.24) is 0 Å². The lowest BCUT2D eigenvalue weighted by Crippen LogP contribution is -2.38. The summed E-state index contributed by atoms with van der Waals surface area (Å²) in [6.45, 7) is -0.176. The van der Waals surface area contributed by atoms with Crippen LogP contribution in [0.2, 0.25) is 0 Å². The Bertz CT molecular complexity index is 828. The van der Waals surface area contributed by atoms with Crippen LogP contribution < -0.4 is 15.5 Å². The zero-order valence-corrected chi connectivity index (χ0v) is 16.9. The fourth-order valence-electron chi connectivity index (χ4n) is 3.99. The summed E-state index contributed by atoms with van der Waals surface area (Å²) in [7, 11) is 0. The van der Waals surface area contributed by atoms with Crippen LogP contribution >= 0.6 is 0 Å². The Morgan fingerprint density at radius 3 is 2.35 bits per heavy atom. The number of aliphatic carboxylic acids is 1. The van der Waals surface area contributed by atoms with Gasteiger partial charge in [0.2, 0.25) is 0 Å². The second kappa shape index (κ2) is 10.1. The normalized spacial score (nSPS) is 18.5. The summed E-state index contributed by atoms with van der Waals surface area (Å²) in [4.78, 5) is 23.6. The minimum Gasteiger partial charge on any atom is -0.480 e. The van der Waals surface area contributed by atoms with Gasteiger partial charge in [0.25, 0.3) is 0 Å². The molecule has 12 heteroatoms. The highest BCUT2D eigenvalue weighted by molar-refractivity contribution is 5.87. The molecule has 0 amide bonds. The van der Waals surface area contributed by atoms with Gasteiger partial charge in [0.1, 0.15) is 11.7 Å². The summed E-state index contributed by atoms with van der Waals surface area (Å²) in [5, 5.41) is 35.5. The molecule has 4 N–H and O–H groups in total. The lowest BCUT2D eigenvalue weighted by Gasteiger charge is -2.32. The van der Waals surface area contributed by atoms with Gasteiger partial charge in [0, 0.05) is 19.1 Å². The van der Waals surface area contributed by atoms with E-state index in [1.165, 1.54) is 4.90 Å². The molecule has 31 heavy (non-hydrogen) atoms. The average molecular weight is 444 g/mol. The largest absolute Gasteiger partial charge is 0.480 e. The van der Waals surface area contributed by atoms with Crippen molar-refractivity contribution in [2.75, 3.05) is 48.4 Å². The second-order valence-corrected chi connectivity index (χ2v) is 7.63. The third kappa shape index (κ3) is 4.96. The Labute approximate surface area is 177 Å². The van der Waals surface area contributed by atoms with Crippen molar-refractivity contribution in [1.29, 1.82) is 0 Å². The number of morpholine rings is 1. The molecule has 0 unspecified atom stereocenters. The minimum absolute atomic E-state index is 0.163. The number of carboxylic acid groups (broad SMARTS) is 1. The molecule has 1 aliphatic heterocycles. The summed E-state index contributed by atoms with van der Waals surface area (Å²) >= 11 is 0. The zero-order chi connectivity index (χ0) is 22.5. The number of nitrogens with zero attached hydrogens (tertiary/aromatic N) is 2. The summed E-state index contributed by atoms with van der Waals surface area (Å²) in [6, 6.07) is -1.94. The first-order valence-corrected chi connectivity index (χ1v) is 10.2. The van der Waals surface area contributed by atoms with Crippen molar-refractivity contribution in [2.45, 2.75) is 44.2 Å². The van der Waals surface area contributed by atoms with E-state index in [-0.39, 0.29) is 32.3 Å². The number of nitrogens with one attached hydrogen (secondary N) is 2. The standard InChI is InChI=1S/C19H26F2N4O6/c20-13-15(22-11-4-2-1-3-5-11)18(25(29)30)16(23-12(10-26)19(27)28)14(21)17(13)24-6-8-31-9-7-24/h11-12,22-23,26H,1-10H2,(H,27,28)/t12-/m0/s1. The van der Waals surface area contributed by atoms with Crippen LogP contribution in [0.15, 0.2) is 0 Å². The van der Waals surface area contributed by atoms with E-state index >= 15 is 8.78 Å². The van der Waals surface area contributed by atoms with Crippen molar-refractivity contribution in [2.24, 2.45) is 0 Å². The lowest BCUT2D eigenvalue weighted by atomic mass is 9.95. The molecule has 1 saturated heterocycles. The molecule has 1 aromatic rings. The van der Waals surface area contributed by atoms with Gasteiger partial charge in [0.05, 0.1) is 24.7 Å². The molecule has 2 aliphatic rings. The van der Waals surface area contributed by atoms with Crippen LogP contribution in [0.5, 0.6) is 0 Å². The molecule has 1 heterocycles. The Hall–Kier alpha value is -2.73. The molecule has 10 nitrogen and oxygen atoms in total. The van der Waals surface area contributed by atoms with E-state index in [0.717, 1.165) is 19.3 Å². The smallest absolute Gasteiger partial charge is 0.328 e. The number of rotatable bonds is 8. The fraction of sp³-hybridized carbons (Fsp3) is 0.632. The van der Waals surface area contributed by atoms with E-state index < -0.39 is 57.9 Å². The second-order valence-electron chi connectivity index (χ2n) is 7.63. The number of halogens is 2. The third-order valence-corrected chi connectivity index (χ3v) is 5.59. The first-order valence-electron chi connectivity index (χ1n) is 10.2. The Kier molecular flexibility index (Phi) is 7.44. The van der Waals surface area contributed by atoms with Crippen molar-refractivity contribution in [3.63, 3.8) is 0 Å². The van der Waals surface area contributed by atoms with Gasteiger partial charge in [-0.1, -0.05) is 19.3 Å². The van der Waals surface area contributed by atoms with Gasteiger partial charge in [-0.05, 0) is 12.8 Å². The van der Waals surface area contributed by atoms with Crippen LogP contribution in [0.25, 0.3) is 0 Å². The van der Waals surface area contributed by atoms with Gasteiger partial charge in [-0.15, -0.1) is 0 Å². The highest BCUT2D eigenvalue weighted by atomic mass is 19.1. The van der Waals surface area contributed by atoms with Gasteiger partial charge < -0.3 is 30.5 Å². The summed E-state index contributed by atoms with van der Waals surface area (Å²) in [6.07, 6.45) is 4.12. The minimum atomic E-state index is -1.71. The average Bonchev–Trinajstić information content (AvgIpc) is 2.75. The number of anilines is 3. The van der Waals surface area contributed by atoms with Crippen LogP contribution in [0.4, 0.5) is 31.5 Å². The number of aliphatic hydroxyl groups excluding tert-OH is 1. The van der Waals surface area contributed by atoms with Gasteiger partial charge in [-0.3, -0.25) is 10.1 Å².